The van der Waals surface area contributed by atoms with Crippen LogP contribution in [0.25, 0.3) is 5.69 Å². The van der Waals surface area contributed by atoms with Gasteiger partial charge in [0.2, 0.25) is 5.96 Å². The van der Waals surface area contributed by atoms with Crippen molar-refractivity contribution in [2.24, 2.45) is 27.6 Å². The second-order valence-corrected chi connectivity index (χ2v) is 5.86. The van der Waals surface area contributed by atoms with Gasteiger partial charge in [-0.15, -0.1) is 5.10 Å². The maximum absolute atomic E-state index is 5.30. The van der Waals surface area contributed by atoms with Gasteiger partial charge in [-0.25, -0.2) is 4.68 Å². The Balaban J connectivity index is 1.84. The molecule has 1 aliphatic carbocycles. The number of rotatable bonds is 3. The number of nitrogens with zero attached hydrogens (tertiary/aromatic N) is 4. The lowest BCUT2D eigenvalue weighted by molar-refractivity contribution is 0.846. The zero-order chi connectivity index (χ0) is 17.1. The van der Waals surface area contributed by atoms with Crippen LogP contribution in [0.1, 0.15) is 36.6 Å². The highest BCUT2D eigenvalue weighted by molar-refractivity contribution is 5.99. The molecule has 1 saturated carbocycles. The predicted octanol–water partition coefficient (Wildman–Crippen LogP) is 1.94. The van der Waals surface area contributed by atoms with Crippen molar-refractivity contribution in [3.05, 3.63) is 47.3 Å². The minimum Gasteiger partial charge on any atom is -0.369 e. The van der Waals surface area contributed by atoms with Gasteiger partial charge in [-0.05, 0) is 51.0 Å². The molecule has 1 fully saturated rings. The van der Waals surface area contributed by atoms with E-state index in [1.807, 2.05) is 42.8 Å². The summed E-state index contributed by atoms with van der Waals surface area (Å²) in [6.07, 6.45) is 4.24. The van der Waals surface area contributed by atoms with Crippen molar-refractivity contribution in [1.29, 1.82) is 0 Å². The molecular formula is C18H20N6. The molecule has 0 bridgehead atoms. The van der Waals surface area contributed by atoms with E-state index in [0.717, 1.165) is 22.5 Å². The van der Waals surface area contributed by atoms with E-state index in [1.165, 1.54) is 12.8 Å². The molecule has 0 spiro atoms. The minimum absolute atomic E-state index is 0.0673. The molecule has 0 unspecified atom stereocenters. The first-order valence-electron chi connectivity index (χ1n) is 7.85. The van der Waals surface area contributed by atoms with Crippen LogP contribution in [0.2, 0.25) is 0 Å². The summed E-state index contributed by atoms with van der Waals surface area (Å²) < 4.78 is 1.86. The Bertz CT molecular complexity index is 853. The summed E-state index contributed by atoms with van der Waals surface area (Å²) in [4.78, 5) is 0. The Morgan fingerprint density at radius 3 is 2.54 bits per heavy atom. The van der Waals surface area contributed by atoms with E-state index in [2.05, 4.69) is 27.1 Å². The molecule has 3 rings (SSSR count). The molecule has 2 aromatic rings. The lowest BCUT2D eigenvalue weighted by atomic mass is 10.1. The van der Waals surface area contributed by atoms with Gasteiger partial charge in [0.05, 0.1) is 23.3 Å². The quantitative estimate of drug-likeness (QED) is 0.391. The Morgan fingerprint density at radius 1 is 1.21 bits per heavy atom. The van der Waals surface area contributed by atoms with Crippen LogP contribution in [0.15, 0.2) is 40.7 Å². The third-order valence-electron chi connectivity index (χ3n) is 3.82. The second-order valence-electron chi connectivity index (χ2n) is 5.86. The molecule has 0 saturated heterocycles. The molecule has 6 heteroatoms. The lowest BCUT2D eigenvalue weighted by Crippen LogP contribution is -2.22. The van der Waals surface area contributed by atoms with Crippen molar-refractivity contribution >= 4 is 11.7 Å². The number of hydrogen-bond acceptors (Lipinski definition) is 3. The van der Waals surface area contributed by atoms with Gasteiger partial charge >= 0.3 is 0 Å². The van der Waals surface area contributed by atoms with Gasteiger partial charge in [0, 0.05) is 17.0 Å². The largest absolute Gasteiger partial charge is 0.369 e. The molecule has 1 aromatic carbocycles. The van der Waals surface area contributed by atoms with Crippen molar-refractivity contribution < 1.29 is 0 Å². The van der Waals surface area contributed by atoms with E-state index in [-0.39, 0.29) is 5.96 Å². The van der Waals surface area contributed by atoms with Gasteiger partial charge in [-0.1, -0.05) is 11.8 Å². The van der Waals surface area contributed by atoms with Gasteiger partial charge in [-0.2, -0.15) is 10.2 Å². The highest BCUT2D eigenvalue weighted by Crippen LogP contribution is 2.27. The molecule has 0 atom stereocenters. The number of aromatic nitrogens is 2. The van der Waals surface area contributed by atoms with E-state index in [4.69, 9.17) is 11.5 Å². The average molecular weight is 320 g/mol. The Hall–Kier alpha value is -3.07. The van der Waals surface area contributed by atoms with Crippen LogP contribution < -0.4 is 11.5 Å². The SMILES string of the molecule is C/C(=N\N=C(N)N)c1cnn(-c2ccc(C#CC3CC3)cc2)c1C. The fourth-order valence-electron chi connectivity index (χ4n) is 2.31. The van der Waals surface area contributed by atoms with Crippen molar-refractivity contribution in [2.45, 2.75) is 26.7 Å². The number of guanidine groups is 1. The Morgan fingerprint density at radius 2 is 1.92 bits per heavy atom. The van der Waals surface area contributed by atoms with Crippen LogP contribution in [0.5, 0.6) is 0 Å². The predicted molar refractivity (Wildman–Crippen MR) is 95.9 cm³/mol. The minimum atomic E-state index is -0.0673. The summed E-state index contributed by atoms with van der Waals surface area (Å²) in [5.74, 6) is 7.02. The molecule has 122 valence electrons. The van der Waals surface area contributed by atoms with E-state index in [1.54, 1.807) is 6.20 Å². The summed E-state index contributed by atoms with van der Waals surface area (Å²) in [5, 5.41) is 12.1. The van der Waals surface area contributed by atoms with Gasteiger partial charge in [-0.3, -0.25) is 0 Å². The lowest BCUT2D eigenvalue weighted by Gasteiger charge is -2.05. The maximum Gasteiger partial charge on any atom is 0.211 e. The standard InChI is InChI=1S/C18H20N6/c1-12(22-23-18(19)20)17-11-21-24(13(17)2)16-9-7-15(8-10-16)6-5-14-3-4-14/h7-11,14H,3-4H2,1-2H3,(H4,19,20,23)/b22-12+. The van der Waals surface area contributed by atoms with Gasteiger partial charge in [0.1, 0.15) is 0 Å². The Kier molecular flexibility index (Phi) is 4.34. The molecule has 0 radical (unpaired) electrons. The average Bonchev–Trinajstić information content (AvgIpc) is 3.32. The van der Waals surface area contributed by atoms with Crippen LogP contribution in [-0.2, 0) is 0 Å². The molecule has 0 amide bonds. The van der Waals surface area contributed by atoms with Gasteiger partial charge in [0.25, 0.3) is 0 Å². The first-order valence-corrected chi connectivity index (χ1v) is 7.85. The van der Waals surface area contributed by atoms with Crippen molar-refractivity contribution in [3.63, 3.8) is 0 Å². The molecule has 1 aromatic heterocycles. The summed E-state index contributed by atoms with van der Waals surface area (Å²) in [7, 11) is 0. The van der Waals surface area contributed by atoms with Crippen molar-refractivity contribution in [2.75, 3.05) is 0 Å². The van der Waals surface area contributed by atoms with Crippen LogP contribution in [-0.4, -0.2) is 21.5 Å². The van der Waals surface area contributed by atoms with Crippen LogP contribution >= 0.6 is 0 Å². The van der Waals surface area contributed by atoms with E-state index in [0.29, 0.717) is 11.6 Å². The number of benzene rings is 1. The highest BCUT2D eigenvalue weighted by atomic mass is 15.3. The maximum atomic E-state index is 5.30. The summed E-state index contributed by atoms with van der Waals surface area (Å²) in [6, 6.07) is 8.07. The summed E-state index contributed by atoms with van der Waals surface area (Å²) in [6.45, 7) is 3.83. The van der Waals surface area contributed by atoms with E-state index in [9.17, 15) is 0 Å². The van der Waals surface area contributed by atoms with Crippen LogP contribution in [0.4, 0.5) is 0 Å². The van der Waals surface area contributed by atoms with E-state index < -0.39 is 0 Å². The molecule has 0 aliphatic heterocycles. The van der Waals surface area contributed by atoms with Crippen LogP contribution in [0.3, 0.4) is 0 Å². The normalized spacial score (nSPS) is 14.0. The molecule has 6 nitrogen and oxygen atoms in total. The third-order valence-corrected chi connectivity index (χ3v) is 3.82. The number of nitrogens with two attached hydrogens (primary N) is 2. The summed E-state index contributed by atoms with van der Waals surface area (Å²) >= 11 is 0. The van der Waals surface area contributed by atoms with E-state index >= 15 is 0 Å². The first kappa shape index (κ1) is 15.8. The molecule has 1 heterocycles. The zero-order valence-corrected chi connectivity index (χ0v) is 13.8. The molecule has 4 N–H and O–H groups in total. The number of hydrogen-bond donors (Lipinski definition) is 2. The van der Waals surface area contributed by atoms with Gasteiger partial charge < -0.3 is 11.5 Å². The topological polar surface area (TPSA) is 94.6 Å². The molecular weight excluding hydrogens is 300 g/mol. The smallest absolute Gasteiger partial charge is 0.211 e. The summed E-state index contributed by atoms with van der Waals surface area (Å²) in [5.41, 5.74) is 15.2. The fraction of sp³-hybridized carbons (Fsp3) is 0.278. The monoisotopic (exact) mass is 320 g/mol. The highest BCUT2D eigenvalue weighted by Gasteiger charge is 2.17. The van der Waals surface area contributed by atoms with Crippen molar-refractivity contribution in [3.8, 4) is 17.5 Å². The first-order chi connectivity index (χ1) is 11.5. The molecule has 1 aliphatic rings. The van der Waals surface area contributed by atoms with Crippen molar-refractivity contribution in [1.82, 2.24) is 9.78 Å². The third kappa shape index (κ3) is 3.63. The fourth-order valence-corrected chi connectivity index (χ4v) is 2.31. The van der Waals surface area contributed by atoms with Gasteiger partial charge in [0.15, 0.2) is 0 Å². The van der Waals surface area contributed by atoms with Crippen LogP contribution in [0, 0.1) is 24.7 Å². The molecule has 24 heavy (non-hydrogen) atoms. The second kappa shape index (κ2) is 6.59. The Labute approximate surface area is 141 Å². The zero-order valence-electron chi connectivity index (χ0n) is 13.8.